The second kappa shape index (κ2) is 5.71. The molecule has 0 atom stereocenters. The summed E-state index contributed by atoms with van der Waals surface area (Å²) in [4.78, 5) is 13.4. The Morgan fingerprint density at radius 3 is 2.67 bits per heavy atom. The number of rotatable bonds is 3. The number of hydrogen-bond acceptors (Lipinski definition) is 3. The SMILES string of the molecule is COC1CCN(c2ccc(Br)cc2C(=O)O)CC1. The van der Waals surface area contributed by atoms with Gasteiger partial charge >= 0.3 is 5.97 Å². The van der Waals surface area contributed by atoms with Crippen molar-refractivity contribution in [1.82, 2.24) is 0 Å². The number of carboxylic acids is 1. The van der Waals surface area contributed by atoms with E-state index >= 15 is 0 Å². The molecule has 1 aromatic carbocycles. The lowest BCUT2D eigenvalue weighted by molar-refractivity contribution is 0.0696. The summed E-state index contributed by atoms with van der Waals surface area (Å²) in [6.45, 7) is 1.67. The van der Waals surface area contributed by atoms with Crippen LogP contribution in [0, 0.1) is 0 Å². The van der Waals surface area contributed by atoms with Gasteiger partial charge in [0.1, 0.15) is 0 Å². The van der Waals surface area contributed by atoms with Gasteiger partial charge in [-0.3, -0.25) is 0 Å². The maximum absolute atomic E-state index is 11.3. The molecule has 0 aliphatic carbocycles. The van der Waals surface area contributed by atoms with Crippen LogP contribution in [0.3, 0.4) is 0 Å². The van der Waals surface area contributed by atoms with Crippen molar-refractivity contribution in [3.05, 3.63) is 28.2 Å². The minimum atomic E-state index is -0.889. The molecule has 0 saturated carbocycles. The zero-order valence-corrected chi connectivity index (χ0v) is 11.8. The Balaban J connectivity index is 2.21. The standard InChI is InChI=1S/C13H16BrNO3/c1-18-10-4-6-15(7-5-10)12-3-2-9(14)8-11(12)13(16)17/h2-3,8,10H,4-7H2,1H3,(H,16,17). The average Bonchev–Trinajstić information content (AvgIpc) is 2.39. The minimum absolute atomic E-state index is 0.296. The van der Waals surface area contributed by atoms with Crippen molar-refractivity contribution in [1.29, 1.82) is 0 Å². The second-order valence-corrected chi connectivity index (χ2v) is 5.30. The van der Waals surface area contributed by atoms with Gasteiger partial charge in [-0.1, -0.05) is 15.9 Å². The lowest BCUT2D eigenvalue weighted by atomic mass is 10.0. The predicted molar refractivity (Wildman–Crippen MR) is 73.3 cm³/mol. The Hall–Kier alpha value is -1.07. The minimum Gasteiger partial charge on any atom is -0.478 e. The molecule has 1 heterocycles. The molecule has 1 aliphatic heterocycles. The first-order chi connectivity index (χ1) is 8.61. The van der Waals surface area contributed by atoms with E-state index in [4.69, 9.17) is 4.74 Å². The number of aromatic carboxylic acids is 1. The molecule has 1 aromatic rings. The smallest absolute Gasteiger partial charge is 0.337 e. The number of benzene rings is 1. The summed E-state index contributed by atoms with van der Waals surface area (Å²) in [7, 11) is 1.72. The molecule has 1 aliphatic rings. The number of carboxylic acid groups (broad SMARTS) is 1. The maximum atomic E-state index is 11.3. The third-order valence-corrected chi connectivity index (χ3v) is 3.80. The lowest BCUT2D eigenvalue weighted by Gasteiger charge is -2.33. The van der Waals surface area contributed by atoms with Crippen LogP contribution < -0.4 is 4.90 Å². The Bertz CT molecular complexity index is 442. The molecule has 0 unspecified atom stereocenters. The van der Waals surface area contributed by atoms with E-state index in [2.05, 4.69) is 20.8 Å². The Labute approximate surface area is 115 Å². The third-order valence-electron chi connectivity index (χ3n) is 3.31. The average molecular weight is 314 g/mol. The van der Waals surface area contributed by atoms with Gasteiger partial charge in [0.25, 0.3) is 0 Å². The molecule has 18 heavy (non-hydrogen) atoms. The topological polar surface area (TPSA) is 49.8 Å². The monoisotopic (exact) mass is 313 g/mol. The summed E-state index contributed by atoms with van der Waals surface area (Å²) in [5, 5.41) is 9.25. The number of methoxy groups -OCH3 is 1. The molecule has 1 N–H and O–H groups in total. The normalized spacial score (nSPS) is 16.9. The van der Waals surface area contributed by atoms with Crippen LogP contribution in [0.4, 0.5) is 5.69 Å². The number of nitrogens with zero attached hydrogens (tertiary/aromatic N) is 1. The number of halogens is 1. The predicted octanol–water partition coefficient (Wildman–Crippen LogP) is 2.76. The van der Waals surface area contributed by atoms with E-state index in [1.54, 1.807) is 13.2 Å². The largest absolute Gasteiger partial charge is 0.478 e. The van der Waals surface area contributed by atoms with E-state index in [0.29, 0.717) is 11.7 Å². The molecule has 98 valence electrons. The first kappa shape index (κ1) is 13.4. The van der Waals surface area contributed by atoms with Crippen molar-refractivity contribution >= 4 is 27.6 Å². The van der Waals surface area contributed by atoms with Crippen molar-refractivity contribution in [2.24, 2.45) is 0 Å². The van der Waals surface area contributed by atoms with E-state index < -0.39 is 5.97 Å². The van der Waals surface area contributed by atoms with E-state index in [1.165, 1.54) is 0 Å². The molecule has 5 heteroatoms. The highest BCUT2D eigenvalue weighted by Gasteiger charge is 2.22. The Morgan fingerprint density at radius 2 is 2.11 bits per heavy atom. The van der Waals surface area contributed by atoms with Gasteiger partial charge in [0, 0.05) is 24.7 Å². The lowest BCUT2D eigenvalue weighted by Crippen LogP contribution is -2.37. The molecule has 1 saturated heterocycles. The fourth-order valence-corrected chi connectivity index (χ4v) is 2.65. The van der Waals surface area contributed by atoms with Crippen molar-refractivity contribution in [3.8, 4) is 0 Å². The van der Waals surface area contributed by atoms with E-state index in [-0.39, 0.29) is 0 Å². The fourth-order valence-electron chi connectivity index (χ4n) is 2.29. The summed E-state index contributed by atoms with van der Waals surface area (Å²) in [5.41, 5.74) is 1.14. The van der Waals surface area contributed by atoms with Gasteiger partial charge in [0.2, 0.25) is 0 Å². The fraction of sp³-hybridized carbons (Fsp3) is 0.462. The van der Waals surface area contributed by atoms with Crippen LogP contribution in [0.5, 0.6) is 0 Å². The zero-order valence-electron chi connectivity index (χ0n) is 10.2. The molecule has 0 spiro atoms. The summed E-state index contributed by atoms with van der Waals surface area (Å²) in [6, 6.07) is 5.39. The maximum Gasteiger partial charge on any atom is 0.337 e. The van der Waals surface area contributed by atoms with Crippen molar-refractivity contribution in [2.75, 3.05) is 25.1 Å². The van der Waals surface area contributed by atoms with Gasteiger partial charge in [-0.05, 0) is 31.0 Å². The van der Waals surface area contributed by atoms with Gasteiger partial charge in [-0.2, -0.15) is 0 Å². The molecular formula is C13H16BrNO3. The van der Waals surface area contributed by atoms with Crippen LogP contribution in [0.25, 0.3) is 0 Å². The van der Waals surface area contributed by atoms with Crippen LogP contribution in [0.2, 0.25) is 0 Å². The van der Waals surface area contributed by atoms with Gasteiger partial charge in [0.05, 0.1) is 17.4 Å². The van der Waals surface area contributed by atoms with Gasteiger partial charge in [-0.25, -0.2) is 4.79 Å². The van der Waals surface area contributed by atoms with Crippen LogP contribution in [-0.2, 0) is 4.74 Å². The third kappa shape index (κ3) is 2.84. The number of hydrogen-bond donors (Lipinski definition) is 1. The van der Waals surface area contributed by atoms with Crippen LogP contribution in [0.1, 0.15) is 23.2 Å². The highest BCUT2D eigenvalue weighted by atomic mass is 79.9. The number of ether oxygens (including phenoxy) is 1. The van der Waals surface area contributed by atoms with Crippen LogP contribution in [0.15, 0.2) is 22.7 Å². The van der Waals surface area contributed by atoms with Crippen LogP contribution >= 0.6 is 15.9 Å². The Morgan fingerprint density at radius 1 is 1.44 bits per heavy atom. The highest BCUT2D eigenvalue weighted by Crippen LogP contribution is 2.27. The molecule has 2 rings (SSSR count). The molecule has 0 amide bonds. The van der Waals surface area contributed by atoms with Gasteiger partial charge in [0.15, 0.2) is 0 Å². The molecule has 0 aromatic heterocycles. The first-order valence-electron chi connectivity index (χ1n) is 5.92. The first-order valence-corrected chi connectivity index (χ1v) is 6.71. The van der Waals surface area contributed by atoms with E-state index in [0.717, 1.165) is 36.1 Å². The summed E-state index contributed by atoms with van der Waals surface area (Å²) in [5.74, 6) is -0.889. The van der Waals surface area contributed by atoms with E-state index in [1.807, 2.05) is 12.1 Å². The molecular weight excluding hydrogens is 298 g/mol. The quantitative estimate of drug-likeness (QED) is 0.932. The van der Waals surface area contributed by atoms with Crippen molar-refractivity contribution < 1.29 is 14.6 Å². The zero-order chi connectivity index (χ0) is 13.1. The van der Waals surface area contributed by atoms with Crippen molar-refractivity contribution in [2.45, 2.75) is 18.9 Å². The number of piperidine rings is 1. The van der Waals surface area contributed by atoms with Crippen LogP contribution in [-0.4, -0.2) is 37.4 Å². The van der Waals surface area contributed by atoms with E-state index in [9.17, 15) is 9.90 Å². The molecule has 0 bridgehead atoms. The molecule has 4 nitrogen and oxygen atoms in total. The summed E-state index contributed by atoms with van der Waals surface area (Å²) >= 11 is 3.31. The highest BCUT2D eigenvalue weighted by molar-refractivity contribution is 9.10. The molecule has 1 fully saturated rings. The molecule has 0 radical (unpaired) electrons. The summed E-state index contributed by atoms with van der Waals surface area (Å²) < 4.78 is 6.11. The summed E-state index contributed by atoms with van der Waals surface area (Å²) in [6.07, 6.45) is 2.17. The van der Waals surface area contributed by atoms with Gasteiger partial charge in [-0.15, -0.1) is 0 Å². The van der Waals surface area contributed by atoms with Crippen molar-refractivity contribution in [3.63, 3.8) is 0 Å². The Kier molecular flexibility index (Phi) is 4.24. The number of anilines is 1. The second-order valence-electron chi connectivity index (χ2n) is 4.39. The van der Waals surface area contributed by atoms with Gasteiger partial charge < -0.3 is 14.7 Å². The number of carbonyl (C=O) groups is 1.